The number of nitrogens with one attached hydrogen (secondary N) is 1. The lowest BCUT2D eigenvalue weighted by Crippen LogP contribution is -2.35. The second-order valence-corrected chi connectivity index (χ2v) is 5.59. The molecule has 0 amide bonds. The summed E-state index contributed by atoms with van der Waals surface area (Å²) < 4.78 is 5.35. The zero-order chi connectivity index (χ0) is 11.0. The van der Waals surface area contributed by atoms with E-state index in [0.717, 1.165) is 30.1 Å². The standard InChI is InChI=1S/C14H21NO/c1-10(15-9-13-3-2-6-16-13)14-8-11-4-5-12(14)7-11/h2-3,6,10-12,14-15H,4-5,7-9H2,1H3. The Balaban J connectivity index is 1.52. The third kappa shape index (κ3) is 1.91. The molecule has 4 atom stereocenters. The summed E-state index contributed by atoms with van der Waals surface area (Å²) in [7, 11) is 0. The smallest absolute Gasteiger partial charge is 0.117 e. The Morgan fingerprint density at radius 1 is 1.44 bits per heavy atom. The van der Waals surface area contributed by atoms with Crippen LogP contribution in [0.4, 0.5) is 0 Å². The number of rotatable bonds is 4. The van der Waals surface area contributed by atoms with E-state index in [9.17, 15) is 0 Å². The highest BCUT2D eigenvalue weighted by Crippen LogP contribution is 2.49. The molecular formula is C14H21NO. The van der Waals surface area contributed by atoms with Gasteiger partial charge in [0.2, 0.25) is 0 Å². The van der Waals surface area contributed by atoms with Crippen LogP contribution in [0.15, 0.2) is 22.8 Å². The van der Waals surface area contributed by atoms with Crippen molar-refractivity contribution in [3.05, 3.63) is 24.2 Å². The predicted molar refractivity (Wildman–Crippen MR) is 63.9 cm³/mol. The number of hydrogen-bond donors (Lipinski definition) is 1. The largest absolute Gasteiger partial charge is 0.468 e. The fourth-order valence-electron chi connectivity index (χ4n) is 3.73. The molecule has 4 unspecified atom stereocenters. The van der Waals surface area contributed by atoms with Crippen molar-refractivity contribution in [1.29, 1.82) is 0 Å². The first-order valence-corrected chi connectivity index (χ1v) is 6.58. The Kier molecular flexibility index (Phi) is 2.76. The maximum Gasteiger partial charge on any atom is 0.117 e. The summed E-state index contributed by atoms with van der Waals surface area (Å²) in [4.78, 5) is 0. The highest BCUT2D eigenvalue weighted by Gasteiger charge is 2.41. The summed E-state index contributed by atoms with van der Waals surface area (Å²) >= 11 is 0. The molecule has 0 aromatic carbocycles. The highest BCUT2D eigenvalue weighted by molar-refractivity contribution is 4.99. The summed E-state index contributed by atoms with van der Waals surface area (Å²) in [5, 5.41) is 3.62. The molecule has 0 aliphatic heterocycles. The SMILES string of the molecule is CC(NCc1ccco1)C1CC2CCC1C2. The van der Waals surface area contributed by atoms with Gasteiger partial charge < -0.3 is 9.73 Å². The molecule has 2 saturated carbocycles. The van der Waals surface area contributed by atoms with Gasteiger partial charge in [0.05, 0.1) is 12.8 Å². The maximum atomic E-state index is 5.35. The minimum absolute atomic E-state index is 0.639. The van der Waals surface area contributed by atoms with Gasteiger partial charge in [0.1, 0.15) is 5.76 Å². The lowest BCUT2D eigenvalue weighted by Gasteiger charge is -2.28. The Morgan fingerprint density at radius 2 is 2.38 bits per heavy atom. The fraction of sp³-hybridized carbons (Fsp3) is 0.714. The van der Waals surface area contributed by atoms with E-state index in [1.54, 1.807) is 6.26 Å². The number of furan rings is 1. The molecule has 1 aromatic heterocycles. The zero-order valence-corrected chi connectivity index (χ0v) is 9.99. The van der Waals surface area contributed by atoms with Crippen LogP contribution in [-0.4, -0.2) is 6.04 Å². The normalized spacial score (nSPS) is 34.4. The van der Waals surface area contributed by atoms with Crippen LogP contribution in [0.1, 0.15) is 38.4 Å². The predicted octanol–water partition coefficient (Wildman–Crippen LogP) is 3.19. The Labute approximate surface area is 97.4 Å². The van der Waals surface area contributed by atoms with E-state index >= 15 is 0 Å². The first kappa shape index (κ1) is 10.4. The molecule has 2 heteroatoms. The minimum Gasteiger partial charge on any atom is -0.468 e. The van der Waals surface area contributed by atoms with Crippen LogP contribution in [0.5, 0.6) is 0 Å². The van der Waals surface area contributed by atoms with Gasteiger partial charge >= 0.3 is 0 Å². The van der Waals surface area contributed by atoms with Crippen molar-refractivity contribution in [3.8, 4) is 0 Å². The molecule has 88 valence electrons. The van der Waals surface area contributed by atoms with Crippen molar-refractivity contribution in [1.82, 2.24) is 5.32 Å². The van der Waals surface area contributed by atoms with Crippen molar-refractivity contribution in [2.75, 3.05) is 0 Å². The molecule has 2 bridgehead atoms. The summed E-state index contributed by atoms with van der Waals surface area (Å²) in [6.07, 6.45) is 7.67. The van der Waals surface area contributed by atoms with Gasteiger partial charge in [0, 0.05) is 6.04 Å². The van der Waals surface area contributed by atoms with Crippen LogP contribution in [0.3, 0.4) is 0 Å². The Morgan fingerprint density at radius 3 is 3.00 bits per heavy atom. The van der Waals surface area contributed by atoms with Crippen LogP contribution in [0.2, 0.25) is 0 Å². The van der Waals surface area contributed by atoms with Crippen molar-refractivity contribution in [2.24, 2.45) is 17.8 Å². The van der Waals surface area contributed by atoms with Crippen molar-refractivity contribution < 1.29 is 4.42 Å². The van der Waals surface area contributed by atoms with Gasteiger partial charge in [0.25, 0.3) is 0 Å². The van der Waals surface area contributed by atoms with Crippen molar-refractivity contribution in [3.63, 3.8) is 0 Å². The first-order chi connectivity index (χ1) is 7.83. The second kappa shape index (κ2) is 4.25. The molecule has 2 nitrogen and oxygen atoms in total. The van der Waals surface area contributed by atoms with E-state index in [0.29, 0.717) is 6.04 Å². The van der Waals surface area contributed by atoms with E-state index in [1.165, 1.54) is 25.7 Å². The molecule has 1 N–H and O–H groups in total. The average molecular weight is 219 g/mol. The quantitative estimate of drug-likeness (QED) is 0.841. The topological polar surface area (TPSA) is 25.2 Å². The molecule has 2 fully saturated rings. The number of fused-ring (bicyclic) bond motifs is 2. The molecule has 1 aromatic rings. The lowest BCUT2D eigenvalue weighted by atomic mass is 9.84. The summed E-state index contributed by atoms with van der Waals surface area (Å²) in [6.45, 7) is 3.22. The van der Waals surface area contributed by atoms with Crippen LogP contribution >= 0.6 is 0 Å². The van der Waals surface area contributed by atoms with Gasteiger partial charge in [-0.05, 0) is 56.1 Å². The molecule has 1 heterocycles. The molecular weight excluding hydrogens is 198 g/mol. The van der Waals surface area contributed by atoms with Gasteiger partial charge in [-0.2, -0.15) is 0 Å². The summed E-state index contributed by atoms with van der Waals surface area (Å²) in [6, 6.07) is 4.64. The van der Waals surface area contributed by atoms with Gasteiger partial charge in [-0.25, -0.2) is 0 Å². The summed E-state index contributed by atoms with van der Waals surface area (Å²) in [5.74, 6) is 4.01. The highest BCUT2D eigenvalue weighted by atomic mass is 16.3. The van der Waals surface area contributed by atoms with E-state index in [1.807, 2.05) is 12.1 Å². The molecule has 2 aliphatic carbocycles. The van der Waals surface area contributed by atoms with Crippen molar-refractivity contribution in [2.45, 2.75) is 45.2 Å². The fourth-order valence-corrected chi connectivity index (χ4v) is 3.73. The average Bonchev–Trinajstić information content (AvgIpc) is 3.01. The third-order valence-electron chi connectivity index (χ3n) is 4.61. The Bertz CT molecular complexity index is 333. The molecule has 2 aliphatic rings. The lowest BCUT2D eigenvalue weighted by molar-refractivity contribution is 0.255. The van der Waals surface area contributed by atoms with Gasteiger partial charge in [-0.3, -0.25) is 0 Å². The van der Waals surface area contributed by atoms with Crippen molar-refractivity contribution >= 4 is 0 Å². The van der Waals surface area contributed by atoms with E-state index in [2.05, 4.69) is 12.2 Å². The first-order valence-electron chi connectivity index (χ1n) is 6.58. The molecule has 0 spiro atoms. The van der Waals surface area contributed by atoms with E-state index < -0.39 is 0 Å². The molecule has 3 rings (SSSR count). The van der Waals surface area contributed by atoms with E-state index in [-0.39, 0.29) is 0 Å². The number of hydrogen-bond acceptors (Lipinski definition) is 2. The second-order valence-electron chi connectivity index (χ2n) is 5.59. The minimum atomic E-state index is 0.639. The van der Waals surface area contributed by atoms with Gasteiger partial charge in [0.15, 0.2) is 0 Å². The third-order valence-corrected chi connectivity index (χ3v) is 4.61. The van der Waals surface area contributed by atoms with Gasteiger partial charge in [-0.1, -0.05) is 6.42 Å². The van der Waals surface area contributed by atoms with Crippen LogP contribution in [0.25, 0.3) is 0 Å². The van der Waals surface area contributed by atoms with E-state index in [4.69, 9.17) is 4.42 Å². The van der Waals surface area contributed by atoms with Crippen LogP contribution < -0.4 is 5.32 Å². The van der Waals surface area contributed by atoms with Gasteiger partial charge in [-0.15, -0.1) is 0 Å². The monoisotopic (exact) mass is 219 g/mol. The summed E-state index contributed by atoms with van der Waals surface area (Å²) in [5.41, 5.74) is 0. The molecule has 16 heavy (non-hydrogen) atoms. The molecule has 0 saturated heterocycles. The molecule has 0 radical (unpaired) electrons. The Hall–Kier alpha value is -0.760. The van der Waals surface area contributed by atoms with Crippen LogP contribution in [-0.2, 0) is 6.54 Å². The van der Waals surface area contributed by atoms with Crippen LogP contribution in [0, 0.1) is 17.8 Å². The zero-order valence-electron chi connectivity index (χ0n) is 9.99. The maximum absolute atomic E-state index is 5.35.